The van der Waals surface area contributed by atoms with Gasteiger partial charge >= 0.3 is 0 Å². The highest BCUT2D eigenvalue weighted by Crippen LogP contribution is 2.27. The van der Waals surface area contributed by atoms with Crippen molar-refractivity contribution in [3.63, 3.8) is 0 Å². The Balaban J connectivity index is 3.05. The van der Waals surface area contributed by atoms with E-state index in [2.05, 4.69) is 5.10 Å². The molecule has 0 radical (unpaired) electrons. The first-order chi connectivity index (χ1) is 7.52. The predicted molar refractivity (Wildman–Crippen MR) is 62.4 cm³/mol. The molecule has 0 aliphatic carbocycles. The van der Waals surface area contributed by atoms with E-state index in [-0.39, 0.29) is 6.04 Å². The third kappa shape index (κ3) is 2.55. The lowest BCUT2D eigenvalue weighted by Crippen LogP contribution is -2.32. The van der Waals surface area contributed by atoms with Gasteiger partial charge in [-0.2, -0.15) is 5.10 Å². The summed E-state index contributed by atoms with van der Waals surface area (Å²) in [6, 6.07) is -0.282. The molecule has 1 aromatic heterocycles. The molecule has 0 aromatic carbocycles. The van der Waals surface area contributed by atoms with Gasteiger partial charge in [-0.1, -0.05) is 11.6 Å². The van der Waals surface area contributed by atoms with Crippen LogP contribution in [-0.2, 0) is 9.47 Å². The van der Waals surface area contributed by atoms with Crippen LogP contribution < -0.4 is 5.73 Å². The molecule has 1 atom stereocenters. The zero-order valence-corrected chi connectivity index (χ0v) is 10.7. The number of rotatable bonds is 5. The summed E-state index contributed by atoms with van der Waals surface area (Å²) >= 11 is 6.07. The fraction of sp³-hybridized carbons (Fsp3) is 0.700. The van der Waals surface area contributed by atoms with E-state index in [0.29, 0.717) is 5.02 Å². The number of nitrogens with zero attached hydrogens (tertiary/aromatic N) is 2. The fourth-order valence-electron chi connectivity index (χ4n) is 1.59. The quantitative estimate of drug-likeness (QED) is 0.805. The summed E-state index contributed by atoms with van der Waals surface area (Å²) in [7, 11) is 3.08. The van der Waals surface area contributed by atoms with E-state index in [0.717, 1.165) is 5.69 Å². The molecule has 6 heteroatoms. The average Bonchev–Trinajstić information content (AvgIpc) is 2.61. The van der Waals surface area contributed by atoms with Crippen LogP contribution >= 0.6 is 11.6 Å². The topological polar surface area (TPSA) is 62.3 Å². The lowest BCUT2D eigenvalue weighted by Gasteiger charge is -2.23. The van der Waals surface area contributed by atoms with Crippen molar-refractivity contribution in [2.24, 2.45) is 5.73 Å². The summed E-state index contributed by atoms with van der Waals surface area (Å²) in [6.07, 6.45) is 1.05. The van der Waals surface area contributed by atoms with Gasteiger partial charge in [0.15, 0.2) is 6.29 Å². The number of hydrogen-bond acceptors (Lipinski definition) is 4. The van der Waals surface area contributed by atoms with Crippen molar-refractivity contribution in [3.05, 3.63) is 16.9 Å². The monoisotopic (exact) mass is 247 g/mol. The molecule has 2 N–H and O–H groups in total. The number of ether oxygens (including phenoxy) is 2. The maximum absolute atomic E-state index is 6.07. The third-order valence-corrected chi connectivity index (χ3v) is 2.64. The molecular weight excluding hydrogens is 230 g/mol. The van der Waals surface area contributed by atoms with E-state index >= 15 is 0 Å². The second kappa shape index (κ2) is 5.63. The number of nitrogens with two attached hydrogens (primary N) is 1. The van der Waals surface area contributed by atoms with Crippen LogP contribution in [0.3, 0.4) is 0 Å². The molecule has 0 aliphatic heterocycles. The van der Waals surface area contributed by atoms with Crippen molar-refractivity contribution in [3.8, 4) is 0 Å². The first-order valence-corrected chi connectivity index (χ1v) is 5.44. The number of aromatic nitrogens is 2. The smallest absolute Gasteiger partial charge is 0.177 e. The van der Waals surface area contributed by atoms with Gasteiger partial charge in [-0.15, -0.1) is 0 Å². The van der Waals surface area contributed by atoms with Gasteiger partial charge in [-0.05, 0) is 13.8 Å². The lowest BCUT2D eigenvalue weighted by atomic mass is 10.2. The number of halogens is 1. The third-order valence-electron chi connectivity index (χ3n) is 2.35. The molecular formula is C10H18ClN3O2. The van der Waals surface area contributed by atoms with Crippen molar-refractivity contribution in [1.29, 1.82) is 0 Å². The lowest BCUT2D eigenvalue weighted by molar-refractivity contribution is -0.118. The SMILES string of the molecule is COC(OC)C(N)c1c(Cl)cnn1C(C)C. The Morgan fingerprint density at radius 1 is 1.38 bits per heavy atom. The van der Waals surface area contributed by atoms with Crippen LogP contribution in [0.1, 0.15) is 31.6 Å². The summed E-state index contributed by atoms with van der Waals surface area (Å²) < 4.78 is 12.0. The van der Waals surface area contributed by atoms with Crippen molar-refractivity contribution in [1.82, 2.24) is 9.78 Å². The molecule has 0 amide bonds. The number of hydrogen-bond donors (Lipinski definition) is 1. The molecule has 0 bridgehead atoms. The molecule has 0 saturated heterocycles. The predicted octanol–water partition coefficient (Wildman–Crippen LogP) is 1.74. The van der Waals surface area contributed by atoms with Crippen LogP contribution in [0, 0.1) is 0 Å². The van der Waals surface area contributed by atoms with Gasteiger partial charge < -0.3 is 15.2 Å². The molecule has 1 unspecified atom stereocenters. The van der Waals surface area contributed by atoms with E-state index in [1.54, 1.807) is 10.9 Å². The van der Waals surface area contributed by atoms with Crippen molar-refractivity contribution >= 4 is 11.6 Å². The van der Waals surface area contributed by atoms with Crippen LogP contribution in [0.25, 0.3) is 0 Å². The summed E-state index contributed by atoms with van der Waals surface area (Å²) in [5.41, 5.74) is 6.78. The van der Waals surface area contributed by atoms with Crippen molar-refractivity contribution in [2.45, 2.75) is 32.2 Å². The summed E-state index contributed by atoms with van der Waals surface area (Å²) in [4.78, 5) is 0. The molecule has 16 heavy (non-hydrogen) atoms. The summed E-state index contributed by atoms with van der Waals surface area (Å²) in [6.45, 7) is 4.02. The van der Waals surface area contributed by atoms with E-state index in [1.807, 2.05) is 13.8 Å². The number of methoxy groups -OCH3 is 2. The second-order valence-corrected chi connectivity index (χ2v) is 4.19. The van der Waals surface area contributed by atoms with Crippen LogP contribution in [0.15, 0.2) is 6.20 Å². The van der Waals surface area contributed by atoms with Crippen LogP contribution in [0.5, 0.6) is 0 Å². The molecule has 5 nitrogen and oxygen atoms in total. The van der Waals surface area contributed by atoms with Crippen molar-refractivity contribution in [2.75, 3.05) is 14.2 Å². The Hall–Kier alpha value is -0.620. The van der Waals surface area contributed by atoms with Crippen LogP contribution in [-0.4, -0.2) is 30.3 Å². The Morgan fingerprint density at radius 3 is 2.38 bits per heavy atom. The minimum absolute atomic E-state index is 0.183. The Morgan fingerprint density at radius 2 is 1.94 bits per heavy atom. The van der Waals surface area contributed by atoms with E-state index < -0.39 is 12.3 Å². The zero-order valence-electron chi connectivity index (χ0n) is 9.98. The van der Waals surface area contributed by atoms with Gasteiger partial charge in [0, 0.05) is 20.3 Å². The van der Waals surface area contributed by atoms with Crippen LogP contribution in [0.4, 0.5) is 0 Å². The normalized spacial score (nSPS) is 13.8. The second-order valence-electron chi connectivity index (χ2n) is 3.78. The molecule has 0 aliphatic rings. The van der Waals surface area contributed by atoms with E-state index in [9.17, 15) is 0 Å². The summed E-state index contributed by atoms with van der Waals surface area (Å²) in [5.74, 6) is 0. The minimum atomic E-state index is -0.535. The molecule has 1 heterocycles. The standard InChI is InChI=1S/C10H18ClN3O2/c1-6(2)14-9(7(11)5-13-14)8(12)10(15-3)16-4/h5-6,8,10H,12H2,1-4H3. The molecule has 0 saturated carbocycles. The highest BCUT2D eigenvalue weighted by atomic mass is 35.5. The van der Waals surface area contributed by atoms with E-state index in [4.69, 9.17) is 26.8 Å². The van der Waals surface area contributed by atoms with Gasteiger partial charge in [0.05, 0.1) is 23.0 Å². The molecule has 0 spiro atoms. The molecule has 1 aromatic rings. The highest BCUT2D eigenvalue weighted by molar-refractivity contribution is 6.31. The average molecular weight is 248 g/mol. The van der Waals surface area contributed by atoms with Gasteiger partial charge in [0.1, 0.15) is 0 Å². The maximum atomic E-state index is 6.07. The van der Waals surface area contributed by atoms with Crippen LogP contribution in [0.2, 0.25) is 5.02 Å². The maximum Gasteiger partial charge on any atom is 0.177 e. The molecule has 92 valence electrons. The summed E-state index contributed by atoms with van der Waals surface area (Å²) in [5, 5.41) is 4.71. The first kappa shape index (κ1) is 13.4. The van der Waals surface area contributed by atoms with Gasteiger partial charge in [-0.3, -0.25) is 4.68 Å². The zero-order chi connectivity index (χ0) is 12.3. The molecule has 1 rings (SSSR count). The Bertz CT molecular complexity index is 337. The molecule has 0 fully saturated rings. The Labute approximate surface area is 100 Å². The van der Waals surface area contributed by atoms with Gasteiger partial charge in [0.2, 0.25) is 0 Å². The fourth-order valence-corrected chi connectivity index (χ4v) is 1.85. The highest BCUT2D eigenvalue weighted by Gasteiger charge is 2.26. The Kier molecular flexibility index (Phi) is 4.73. The van der Waals surface area contributed by atoms with Gasteiger partial charge in [-0.25, -0.2) is 0 Å². The first-order valence-electron chi connectivity index (χ1n) is 5.07. The largest absolute Gasteiger partial charge is 0.354 e. The van der Waals surface area contributed by atoms with Crippen molar-refractivity contribution < 1.29 is 9.47 Å². The van der Waals surface area contributed by atoms with Gasteiger partial charge in [0.25, 0.3) is 0 Å². The van der Waals surface area contributed by atoms with E-state index in [1.165, 1.54) is 14.2 Å². The minimum Gasteiger partial charge on any atom is -0.354 e.